The molecule has 10 heteroatoms. The molecule has 0 aliphatic carbocycles. The minimum Gasteiger partial charge on any atom is -0.462 e. The number of anilines is 1. The van der Waals surface area contributed by atoms with E-state index in [0.29, 0.717) is 21.8 Å². The average Bonchev–Trinajstić information content (AvgIpc) is 3.49. The predicted octanol–water partition coefficient (Wildman–Crippen LogP) is 3.88. The third-order valence-electron chi connectivity index (χ3n) is 4.01. The molecule has 0 aliphatic heterocycles. The Labute approximate surface area is 173 Å². The third-order valence-corrected chi connectivity index (χ3v) is 5.80. The normalized spacial score (nSPS) is 10.7. The molecular weight excluding hydrogens is 410 g/mol. The highest BCUT2D eigenvalue weighted by atomic mass is 32.1. The maximum Gasteiger partial charge on any atom is 0.341 e. The summed E-state index contributed by atoms with van der Waals surface area (Å²) in [4.78, 5) is 26.4. The molecule has 1 aromatic carbocycles. The first-order valence-corrected chi connectivity index (χ1v) is 10.4. The van der Waals surface area contributed by atoms with Gasteiger partial charge in [-0.15, -0.1) is 27.8 Å². The molecule has 8 nitrogen and oxygen atoms in total. The standard InChI is InChI=1S/C19H15N5O3S2/c1-2-27-19(26)16-14(15-7-4-8-28-15)10-29-18(16)21-17(25)12-5-3-6-13(9-12)24-11-20-22-23-24/h3-11H,2H2,1H3,(H,21,25). The van der Waals surface area contributed by atoms with Crippen LogP contribution in [-0.2, 0) is 4.74 Å². The predicted molar refractivity (Wildman–Crippen MR) is 111 cm³/mol. The smallest absolute Gasteiger partial charge is 0.341 e. The van der Waals surface area contributed by atoms with Gasteiger partial charge in [0.1, 0.15) is 16.9 Å². The van der Waals surface area contributed by atoms with Gasteiger partial charge in [0.2, 0.25) is 0 Å². The van der Waals surface area contributed by atoms with Gasteiger partial charge in [-0.25, -0.2) is 9.48 Å². The number of amides is 1. The van der Waals surface area contributed by atoms with E-state index in [2.05, 4.69) is 20.8 Å². The van der Waals surface area contributed by atoms with Crippen molar-refractivity contribution in [3.63, 3.8) is 0 Å². The Kier molecular flexibility index (Phi) is 5.45. The third kappa shape index (κ3) is 3.93. The molecule has 0 unspecified atom stereocenters. The van der Waals surface area contributed by atoms with Crippen LogP contribution in [0.25, 0.3) is 16.1 Å². The van der Waals surface area contributed by atoms with E-state index in [4.69, 9.17) is 4.74 Å². The summed E-state index contributed by atoms with van der Waals surface area (Å²) in [7, 11) is 0. The quantitative estimate of drug-likeness (QED) is 0.471. The molecule has 1 amide bonds. The Balaban J connectivity index is 1.65. The van der Waals surface area contributed by atoms with Crippen molar-refractivity contribution in [1.29, 1.82) is 0 Å². The molecule has 3 heterocycles. The molecule has 1 N–H and O–H groups in total. The van der Waals surface area contributed by atoms with Gasteiger partial charge in [-0.05, 0) is 47.0 Å². The fraction of sp³-hybridized carbons (Fsp3) is 0.105. The zero-order chi connectivity index (χ0) is 20.2. The van der Waals surface area contributed by atoms with Gasteiger partial charge in [-0.1, -0.05) is 12.1 Å². The van der Waals surface area contributed by atoms with Crippen LogP contribution in [0.1, 0.15) is 27.6 Å². The number of carbonyl (C=O) groups excluding carboxylic acids is 2. The van der Waals surface area contributed by atoms with Crippen molar-refractivity contribution in [2.45, 2.75) is 6.92 Å². The summed E-state index contributed by atoms with van der Waals surface area (Å²) in [5, 5.41) is 18.1. The number of esters is 1. The molecule has 0 bridgehead atoms. The zero-order valence-corrected chi connectivity index (χ0v) is 16.9. The van der Waals surface area contributed by atoms with E-state index in [0.717, 1.165) is 10.4 Å². The van der Waals surface area contributed by atoms with Gasteiger partial charge in [0.05, 0.1) is 12.3 Å². The molecule has 0 fully saturated rings. The second-order valence-corrected chi connectivity index (χ2v) is 7.64. The topological polar surface area (TPSA) is 99.0 Å². The van der Waals surface area contributed by atoms with Gasteiger partial charge in [0, 0.05) is 21.4 Å². The number of tetrazole rings is 1. The lowest BCUT2D eigenvalue weighted by Gasteiger charge is -2.09. The summed E-state index contributed by atoms with van der Waals surface area (Å²) in [5.41, 5.74) is 2.18. The van der Waals surface area contributed by atoms with Gasteiger partial charge in [-0.3, -0.25) is 4.79 Å². The maximum atomic E-state index is 12.8. The van der Waals surface area contributed by atoms with Crippen molar-refractivity contribution >= 4 is 39.6 Å². The van der Waals surface area contributed by atoms with Crippen LogP contribution >= 0.6 is 22.7 Å². The van der Waals surface area contributed by atoms with Gasteiger partial charge in [0.25, 0.3) is 5.91 Å². The van der Waals surface area contributed by atoms with Gasteiger partial charge < -0.3 is 10.1 Å². The first-order chi connectivity index (χ1) is 14.2. The number of rotatable bonds is 6. The van der Waals surface area contributed by atoms with E-state index in [9.17, 15) is 9.59 Å². The summed E-state index contributed by atoms with van der Waals surface area (Å²) in [6, 6.07) is 10.7. The highest BCUT2D eigenvalue weighted by Gasteiger charge is 2.23. The highest BCUT2D eigenvalue weighted by molar-refractivity contribution is 7.17. The average molecular weight is 425 g/mol. The van der Waals surface area contributed by atoms with Crippen LogP contribution in [0.2, 0.25) is 0 Å². The van der Waals surface area contributed by atoms with Gasteiger partial charge in [0.15, 0.2) is 0 Å². The Morgan fingerprint density at radius 1 is 1.21 bits per heavy atom. The van der Waals surface area contributed by atoms with Crippen LogP contribution in [0.15, 0.2) is 53.5 Å². The van der Waals surface area contributed by atoms with Gasteiger partial charge in [-0.2, -0.15) is 0 Å². The Morgan fingerprint density at radius 2 is 2.10 bits per heavy atom. The summed E-state index contributed by atoms with van der Waals surface area (Å²) < 4.78 is 6.68. The number of nitrogens with zero attached hydrogens (tertiary/aromatic N) is 4. The van der Waals surface area contributed by atoms with Crippen molar-refractivity contribution in [2.24, 2.45) is 0 Å². The monoisotopic (exact) mass is 425 g/mol. The molecule has 0 spiro atoms. The second-order valence-electron chi connectivity index (χ2n) is 5.81. The van der Waals surface area contributed by atoms with E-state index in [1.165, 1.54) is 33.7 Å². The fourth-order valence-corrected chi connectivity index (χ4v) is 4.48. The largest absolute Gasteiger partial charge is 0.462 e. The van der Waals surface area contributed by atoms with Crippen molar-refractivity contribution in [3.8, 4) is 16.1 Å². The lowest BCUT2D eigenvalue weighted by Crippen LogP contribution is -2.15. The van der Waals surface area contributed by atoms with Crippen LogP contribution < -0.4 is 5.32 Å². The van der Waals surface area contributed by atoms with Crippen molar-refractivity contribution in [1.82, 2.24) is 20.2 Å². The van der Waals surface area contributed by atoms with Crippen molar-refractivity contribution < 1.29 is 14.3 Å². The molecule has 146 valence electrons. The number of hydrogen-bond acceptors (Lipinski definition) is 8. The van der Waals surface area contributed by atoms with Crippen LogP contribution in [-0.4, -0.2) is 38.7 Å². The van der Waals surface area contributed by atoms with Crippen LogP contribution in [0.3, 0.4) is 0 Å². The Bertz CT molecular complexity index is 1140. The molecule has 3 aromatic heterocycles. The highest BCUT2D eigenvalue weighted by Crippen LogP contribution is 2.38. The molecule has 4 rings (SSSR count). The number of thiophene rings is 2. The van der Waals surface area contributed by atoms with Gasteiger partial charge >= 0.3 is 5.97 Å². The lowest BCUT2D eigenvalue weighted by molar-refractivity contribution is 0.0529. The molecule has 0 saturated heterocycles. The fourth-order valence-electron chi connectivity index (χ4n) is 2.71. The molecule has 0 radical (unpaired) electrons. The first kappa shape index (κ1) is 19.0. The molecule has 4 aromatic rings. The summed E-state index contributed by atoms with van der Waals surface area (Å²) >= 11 is 2.81. The first-order valence-electron chi connectivity index (χ1n) is 8.64. The van der Waals surface area contributed by atoms with E-state index >= 15 is 0 Å². The number of ether oxygens (including phenoxy) is 1. The van der Waals surface area contributed by atoms with E-state index < -0.39 is 5.97 Å². The van der Waals surface area contributed by atoms with E-state index in [1.54, 1.807) is 31.2 Å². The molecule has 0 saturated carbocycles. The number of nitrogens with one attached hydrogen (secondary N) is 1. The minimum atomic E-state index is -0.463. The van der Waals surface area contributed by atoms with Crippen LogP contribution in [0, 0.1) is 0 Å². The Hall–Kier alpha value is -3.37. The molecular formula is C19H15N5O3S2. The number of hydrogen-bond donors (Lipinski definition) is 1. The lowest BCUT2D eigenvalue weighted by atomic mass is 10.1. The second kappa shape index (κ2) is 8.33. The summed E-state index contributed by atoms with van der Waals surface area (Å²) in [6.45, 7) is 2.00. The summed E-state index contributed by atoms with van der Waals surface area (Å²) in [6.07, 6.45) is 1.45. The number of carbonyl (C=O) groups is 2. The molecule has 29 heavy (non-hydrogen) atoms. The minimum absolute atomic E-state index is 0.250. The Morgan fingerprint density at radius 3 is 2.83 bits per heavy atom. The number of aromatic nitrogens is 4. The van der Waals surface area contributed by atoms with Crippen molar-refractivity contribution in [2.75, 3.05) is 11.9 Å². The van der Waals surface area contributed by atoms with Crippen LogP contribution in [0.4, 0.5) is 5.00 Å². The van der Waals surface area contributed by atoms with Crippen LogP contribution in [0.5, 0.6) is 0 Å². The van der Waals surface area contributed by atoms with E-state index in [1.807, 2.05) is 22.9 Å². The molecule has 0 aliphatic rings. The molecule has 0 atom stereocenters. The zero-order valence-electron chi connectivity index (χ0n) is 15.2. The van der Waals surface area contributed by atoms with Crippen molar-refractivity contribution in [3.05, 3.63) is 64.6 Å². The number of benzene rings is 1. The van der Waals surface area contributed by atoms with E-state index in [-0.39, 0.29) is 12.5 Å². The SMILES string of the molecule is CCOC(=O)c1c(-c2cccs2)csc1NC(=O)c1cccc(-n2cnnn2)c1. The summed E-state index contributed by atoms with van der Waals surface area (Å²) in [5.74, 6) is -0.806. The maximum absolute atomic E-state index is 12.8.